The highest BCUT2D eigenvalue weighted by Crippen LogP contribution is 2.26. The number of nitrogens with one attached hydrogen (secondary N) is 1. The molecule has 1 aliphatic rings. The van der Waals surface area contributed by atoms with Crippen molar-refractivity contribution in [2.24, 2.45) is 0 Å². The molecule has 0 spiro atoms. The molecule has 0 radical (unpaired) electrons. The van der Waals surface area contributed by atoms with Gasteiger partial charge in [0, 0.05) is 50.4 Å². The molecule has 0 aromatic heterocycles. The van der Waals surface area contributed by atoms with Gasteiger partial charge >= 0.3 is 5.97 Å². The number of piperazine rings is 1. The zero-order valence-electron chi connectivity index (χ0n) is 19.8. The zero-order valence-corrected chi connectivity index (χ0v) is 19.8. The highest BCUT2D eigenvalue weighted by Gasteiger charge is 2.15. The number of likely N-dealkylation sites (N-methyl/N-ethyl adjacent to an activating group) is 1. The van der Waals surface area contributed by atoms with E-state index in [2.05, 4.69) is 34.3 Å². The number of rotatable bonds is 8. The molecule has 1 heterocycles. The molecule has 0 aliphatic carbocycles. The number of halogens is 1. The van der Waals surface area contributed by atoms with Gasteiger partial charge in [0.2, 0.25) is 0 Å². The maximum absolute atomic E-state index is 14.7. The summed E-state index contributed by atoms with van der Waals surface area (Å²) in [6.45, 7) is 5.35. The van der Waals surface area contributed by atoms with Crippen LogP contribution in [0.3, 0.4) is 0 Å². The van der Waals surface area contributed by atoms with Crippen molar-refractivity contribution in [3.63, 3.8) is 0 Å². The van der Waals surface area contributed by atoms with Crippen LogP contribution < -0.4 is 5.32 Å². The van der Waals surface area contributed by atoms with Crippen molar-refractivity contribution < 1.29 is 19.1 Å². The van der Waals surface area contributed by atoms with Crippen LogP contribution in [0.5, 0.6) is 0 Å². The van der Waals surface area contributed by atoms with E-state index in [9.17, 15) is 14.0 Å². The molecule has 0 atom stereocenters. The van der Waals surface area contributed by atoms with Crippen LogP contribution in [-0.2, 0) is 13.0 Å². The maximum atomic E-state index is 14.7. The van der Waals surface area contributed by atoms with Gasteiger partial charge in [-0.25, -0.2) is 9.18 Å². The molecule has 6 nitrogen and oxygen atoms in total. The number of amides is 1. The summed E-state index contributed by atoms with van der Waals surface area (Å²) in [6.07, 6.45) is 0.526. The molecule has 1 amide bonds. The third-order valence-electron chi connectivity index (χ3n) is 6.34. The fourth-order valence-corrected chi connectivity index (χ4v) is 4.27. The molecular formula is C28H30FN3O3. The lowest BCUT2D eigenvalue weighted by Crippen LogP contribution is -2.43. The standard InChI is InChI=1S/C28H30FN3O3/c1-31-12-14-32(15-13-31)19-21-4-2-5-22(16-21)25-17-20(8-9-26(25)29)10-11-30-27(33)23-6-3-7-24(18-23)28(34)35/h2-9,16-18H,10-15,19H2,1H3,(H,30,33)(H,34,35). The number of carbonyl (C=O) groups excluding carboxylic acids is 1. The molecular weight excluding hydrogens is 445 g/mol. The lowest BCUT2D eigenvalue weighted by molar-refractivity contribution is 0.0697. The second-order valence-electron chi connectivity index (χ2n) is 8.99. The van der Waals surface area contributed by atoms with Crippen LogP contribution in [0, 0.1) is 5.82 Å². The molecule has 0 unspecified atom stereocenters. The molecule has 3 aromatic rings. The summed E-state index contributed by atoms with van der Waals surface area (Å²) in [4.78, 5) is 28.3. The molecule has 1 fully saturated rings. The highest BCUT2D eigenvalue weighted by atomic mass is 19.1. The van der Waals surface area contributed by atoms with Crippen LogP contribution in [0.1, 0.15) is 31.8 Å². The van der Waals surface area contributed by atoms with Crippen LogP contribution in [0.15, 0.2) is 66.7 Å². The summed E-state index contributed by atoms with van der Waals surface area (Å²) in [7, 11) is 2.13. The van der Waals surface area contributed by atoms with Crippen LogP contribution in [-0.4, -0.2) is 66.6 Å². The number of aromatic carboxylic acids is 1. The molecule has 1 aliphatic heterocycles. The minimum atomic E-state index is -1.08. The number of hydrogen-bond acceptors (Lipinski definition) is 4. The van der Waals surface area contributed by atoms with Gasteiger partial charge in [-0.2, -0.15) is 0 Å². The Kier molecular flexibility index (Phi) is 7.90. The lowest BCUT2D eigenvalue weighted by Gasteiger charge is -2.32. The molecule has 2 N–H and O–H groups in total. The number of benzene rings is 3. The molecule has 35 heavy (non-hydrogen) atoms. The van der Waals surface area contributed by atoms with Crippen molar-refractivity contribution in [3.8, 4) is 11.1 Å². The number of carbonyl (C=O) groups is 2. The first-order valence-corrected chi connectivity index (χ1v) is 11.8. The van der Waals surface area contributed by atoms with Gasteiger partial charge in [0.1, 0.15) is 5.82 Å². The number of nitrogens with zero attached hydrogens (tertiary/aromatic N) is 2. The van der Waals surface area contributed by atoms with Gasteiger partial charge in [-0.1, -0.05) is 30.3 Å². The van der Waals surface area contributed by atoms with E-state index >= 15 is 0 Å². The molecule has 3 aromatic carbocycles. The number of carboxylic acid groups (broad SMARTS) is 1. The van der Waals surface area contributed by atoms with Crippen LogP contribution in [0.4, 0.5) is 4.39 Å². The fourth-order valence-electron chi connectivity index (χ4n) is 4.27. The second-order valence-corrected chi connectivity index (χ2v) is 8.99. The SMILES string of the molecule is CN1CCN(Cc2cccc(-c3cc(CCNC(=O)c4cccc(C(=O)O)c4)ccc3F)c2)CC1. The van der Waals surface area contributed by atoms with E-state index in [1.807, 2.05) is 18.2 Å². The topological polar surface area (TPSA) is 72.9 Å². The Labute approximate surface area is 205 Å². The Bertz CT molecular complexity index is 1210. The first-order valence-electron chi connectivity index (χ1n) is 11.8. The van der Waals surface area contributed by atoms with Crippen molar-refractivity contribution in [1.82, 2.24) is 15.1 Å². The molecule has 0 bridgehead atoms. The normalized spacial score (nSPS) is 14.6. The summed E-state index contributed by atoms with van der Waals surface area (Å²) in [5.74, 6) is -1.70. The Balaban J connectivity index is 1.39. The smallest absolute Gasteiger partial charge is 0.335 e. The summed E-state index contributed by atoms with van der Waals surface area (Å²) in [5, 5.41) is 11.9. The quantitative estimate of drug-likeness (QED) is 0.517. The van der Waals surface area contributed by atoms with E-state index in [0.29, 0.717) is 24.1 Å². The van der Waals surface area contributed by atoms with E-state index in [1.165, 1.54) is 18.2 Å². The van der Waals surface area contributed by atoms with E-state index in [-0.39, 0.29) is 17.3 Å². The monoisotopic (exact) mass is 475 g/mol. The highest BCUT2D eigenvalue weighted by molar-refractivity contribution is 5.97. The average molecular weight is 476 g/mol. The summed E-state index contributed by atoms with van der Waals surface area (Å²) in [5.41, 5.74) is 3.81. The van der Waals surface area contributed by atoms with Crippen molar-refractivity contribution in [2.45, 2.75) is 13.0 Å². The van der Waals surface area contributed by atoms with Crippen LogP contribution in [0.25, 0.3) is 11.1 Å². The van der Waals surface area contributed by atoms with Gasteiger partial charge in [-0.15, -0.1) is 0 Å². The molecule has 4 rings (SSSR count). The predicted octanol–water partition coefficient (Wildman–Crippen LogP) is 3.91. The minimum Gasteiger partial charge on any atom is -0.478 e. The predicted molar refractivity (Wildman–Crippen MR) is 134 cm³/mol. The molecule has 0 saturated carbocycles. The molecule has 182 valence electrons. The van der Waals surface area contributed by atoms with Gasteiger partial charge in [-0.05, 0) is 66.6 Å². The Morgan fingerprint density at radius 2 is 1.66 bits per heavy atom. The van der Waals surface area contributed by atoms with E-state index in [4.69, 9.17) is 5.11 Å². The largest absolute Gasteiger partial charge is 0.478 e. The van der Waals surface area contributed by atoms with Gasteiger partial charge in [-0.3, -0.25) is 9.69 Å². The zero-order chi connectivity index (χ0) is 24.8. The maximum Gasteiger partial charge on any atom is 0.335 e. The molecule has 1 saturated heterocycles. The minimum absolute atomic E-state index is 0.0654. The summed E-state index contributed by atoms with van der Waals surface area (Å²) in [6, 6.07) is 19.0. The first kappa shape index (κ1) is 24.6. The van der Waals surface area contributed by atoms with Crippen molar-refractivity contribution >= 4 is 11.9 Å². The third kappa shape index (κ3) is 6.53. The summed E-state index contributed by atoms with van der Waals surface area (Å²) < 4.78 is 14.7. The lowest BCUT2D eigenvalue weighted by atomic mass is 9.99. The number of carboxylic acids is 1. The van der Waals surface area contributed by atoms with Crippen molar-refractivity contribution in [3.05, 3.63) is 94.8 Å². The molecule has 7 heteroatoms. The van der Waals surface area contributed by atoms with Crippen LogP contribution >= 0.6 is 0 Å². The Morgan fingerprint density at radius 3 is 2.43 bits per heavy atom. The van der Waals surface area contributed by atoms with Gasteiger partial charge in [0.05, 0.1) is 5.56 Å². The van der Waals surface area contributed by atoms with Crippen molar-refractivity contribution in [2.75, 3.05) is 39.8 Å². The number of hydrogen-bond donors (Lipinski definition) is 2. The first-order chi connectivity index (χ1) is 16.9. The van der Waals surface area contributed by atoms with E-state index < -0.39 is 5.97 Å². The second kappa shape index (κ2) is 11.3. The third-order valence-corrected chi connectivity index (χ3v) is 6.34. The van der Waals surface area contributed by atoms with Gasteiger partial charge < -0.3 is 15.3 Å². The van der Waals surface area contributed by atoms with Gasteiger partial charge in [0.15, 0.2) is 0 Å². The van der Waals surface area contributed by atoms with E-state index in [1.54, 1.807) is 18.2 Å². The fraction of sp³-hybridized carbons (Fsp3) is 0.286. The Morgan fingerprint density at radius 1 is 0.914 bits per heavy atom. The van der Waals surface area contributed by atoms with Crippen molar-refractivity contribution in [1.29, 1.82) is 0 Å². The van der Waals surface area contributed by atoms with Gasteiger partial charge in [0.25, 0.3) is 5.91 Å². The summed E-state index contributed by atoms with van der Waals surface area (Å²) >= 11 is 0. The average Bonchev–Trinajstić information content (AvgIpc) is 2.86. The Hall–Kier alpha value is -3.55. The van der Waals surface area contributed by atoms with Crippen LogP contribution in [0.2, 0.25) is 0 Å². The van der Waals surface area contributed by atoms with E-state index in [0.717, 1.165) is 49.4 Å².